The quantitative estimate of drug-likeness (QED) is 0.319. The molecule has 1 saturated heterocycles. The van der Waals surface area contributed by atoms with E-state index in [-0.39, 0.29) is 24.0 Å². The summed E-state index contributed by atoms with van der Waals surface area (Å²) in [4.78, 5) is 9.57. The maximum Gasteiger partial charge on any atom is 0.191 e. The minimum atomic E-state index is 0. The summed E-state index contributed by atoms with van der Waals surface area (Å²) in [5.74, 6) is 0.898. The third kappa shape index (κ3) is 9.76. The lowest BCUT2D eigenvalue weighted by Crippen LogP contribution is -2.40. The van der Waals surface area contributed by atoms with Gasteiger partial charge in [0, 0.05) is 26.2 Å². The zero-order chi connectivity index (χ0) is 18.6. The molecule has 0 radical (unpaired) electrons. The van der Waals surface area contributed by atoms with Crippen LogP contribution in [0.3, 0.4) is 0 Å². The molecule has 2 rings (SSSR count). The molecule has 1 fully saturated rings. The monoisotopic (exact) mass is 487 g/mol. The van der Waals surface area contributed by atoms with Gasteiger partial charge in [-0.1, -0.05) is 37.6 Å². The van der Waals surface area contributed by atoms with Crippen LogP contribution in [0.15, 0.2) is 29.3 Å². The van der Waals surface area contributed by atoms with Crippen LogP contribution in [0.4, 0.5) is 0 Å². The van der Waals surface area contributed by atoms with Gasteiger partial charge in [0.1, 0.15) is 0 Å². The average Bonchev–Trinajstić information content (AvgIpc) is 2.68. The Labute approximate surface area is 183 Å². The summed E-state index contributed by atoms with van der Waals surface area (Å²) in [5, 5.41) is 6.74. The van der Waals surface area contributed by atoms with E-state index in [9.17, 15) is 0 Å². The predicted octanol–water partition coefficient (Wildman–Crippen LogP) is 3.30. The second-order valence-corrected chi connectivity index (χ2v) is 7.17. The van der Waals surface area contributed by atoms with Gasteiger partial charge in [0.2, 0.25) is 0 Å². The Morgan fingerprint density at radius 1 is 1.04 bits per heavy atom. The smallest absolute Gasteiger partial charge is 0.191 e. The van der Waals surface area contributed by atoms with Crippen LogP contribution >= 0.6 is 24.0 Å². The van der Waals surface area contributed by atoms with E-state index >= 15 is 0 Å². The molecular weight excluding hydrogens is 449 g/mol. The van der Waals surface area contributed by atoms with E-state index < -0.39 is 0 Å². The molecule has 0 unspecified atom stereocenters. The highest BCUT2D eigenvalue weighted by Gasteiger charge is 2.10. The van der Waals surface area contributed by atoms with Crippen LogP contribution in [-0.4, -0.2) is 62.1 Å². The van der Waals surface area contributed by atoms with Crippen molar-refractivity contribution >= 4 is 29.9 Å². The van der Waals surface area contributed by atoms with Crippen molar-refractivity contribution in [3.05, 3.63) is 35.4 Å². The van der Waals surface area contributed by atoms with Crippen molar-refractivity contribution < 1.29 is 0 Å². The van der Waals surface area contributed by atoms with E-state index in [0.717, 1.165) is 38.7 Å². The topological polar surface area (TPSA) is 42.9 Å². The highest BCUT2D eigenvalue weighted by Crippen LogP contribution is 2.13. The number of piperidine rings is 1. The van der Waals surface area contributed by atoms with Gasteiger partial charge in [0.25, 0.3) is 0 Å². The third-order valence-electron chi connectivity index (χ3n) is 4.97. The highest BCUT2D eigenvalue weighted by molar-refractivity contribution is 14.0. The maximum atomic E-state index is 4.72. The third-order valence-corrected chi connectivity index (χ3v) is 4.97. The highest BCUT2D eigenvalue weighted by atomic mass is 127. The van der Waals surface area contributed by atoms with Crippen LogP contribution in [0, 0.1) is 0 Å². The summed E-state index contributed by atoms with van der Waals surface area (Å²) in [6.07, 6.45) is 4.09. The fraction of sp³-hybridized carbons (Fsp3) is 0.667. The molecule has 154 valence electrons. The minimum Gasteiger partial charge on any atom is -0.357 e. The first-order valence-corrected chi connectivity index (χ1v) is 10.2. The summed E-state index contributed by atoms with van der Waals surface area (Å²) < 4.78 is 0. The van der Waals surface area contributed by atoms with E-state index in [1.807, 2.05) is 0 Å². The number of benzene rings is 1. The van der Waals surface area contributed by atoms with Crippen LogP contribution in [0.1, 0.15) is 44.2 Å². The fourth-order valence-electron chi connectivity index (χ4n) is 3.16. The Balaban J connectivity index is 0.00000364. The van der Waals surface area contributed by atoms with Gasteiger partial charge in [-0.25, -0.2) is 4.99 Å². The zero-order valence-corrected chi connectivity index (χ0v) is 19.7. The Morgan fingerprint density at radius 3 is 2.33 bits per heavy atom. The molecule has 1 aromatic rings. The number of likely N-dealkylation sites (N-methyl/N-ethyl adjacent to an activating group) is 1. The molecular formula is C21H38IN5. The molecule has 0 bridgehead atoms. The molecule has 2 N–H and O–H groups in total. The lowest BCUT2D eigenvalue weighted by molar-refractivity contribution is 0.221. The Morgan fingerprint density at radius 2 is 1.70 bits per heavy atom. The summed E-state index contributed by atoms with van der Waals surface area (Å²) in [5.41, 5.74) is 2.67. The Kier molecular flexibility index (Phi) is 12.7. The summed E-state index contributed by atoms with van der Waals surface area (Å²) in [6, 6.07) is 8.96. The van der Waals surface area contributed by atoms with Gasteiger partial charge in [0.15, 0.2) is 5.96 Å². The lowest BCUT2D eigenvalue weighted by Gasteiger charge is -2.26. The first-order chi connectivity index (χ1) is 12.7. The van der Waals surface area contributed by atoms with E-state index in [1.54, 1.807) is 0 Å². The van der Waals surface area contributed by atoms with E-state index in [2.05, 4.69) is 65.6 Å². The van der Waals surface area contributed by atoms with E-state index in [4.69, 9.17) is 4.99 Å². The van der Waals surface area contributed by atoms with Gasteiger partial charge in [-0.2, -0.15) is 0 Å². The number of aliphatic imine (C=N–C) groups is 1. The molecule has 0 atom stereocenters. The predicted molar refractivity (Wildman–Crippen MR) is 127 cm³/mol. The Hall–Kier alpha value is -0.860. The molecule has 0 aliphatic carbocycles. The number of nitrogens with zero attached hydrogens (tertiary/aromatic N) is 3. The molecule has 1 aromatic carbocycles. The number of hydrogen-bond acceptors (Lipinski definition) is 3. The number of halogens is 1. The van der Waals surface area contributed by atoms with Crippen molar-refractivity contribution in [2.24, 2.45) is 4.99 Å². The number of guanidine groups is 1. The van der Waals surface area contributed by atoms with Gasteiger partial charge in [-0.15, -0.1) is 24.0 Å². The van der Waals surface area contributed by atoms with Crippen molar-refractivity contribution in [2.45, 2.75) is 46.2 Å². The molecule has 0 saturated carbocycles. The normalized spacial score (nSPS) is 15.5. The van der Waals surface area contributed by atoms with Gasteiger partial charge < -0.3 is 15.5 Å². The molecule has 5 nitrogen and oxygen atoms in total. The molecule has 1 heterocycles. The lowest BCUT2D eigenvalue weighted by atomic mass is 10.1. The number of nitrogens with one attached hydrogen (secondary N) is 2. The molecule has 0 amide bonds. The standard InChI is InChI=1S/C21H37N5.HI/c1-4-22-21(23-13-16-25(3)5-2)24-17-19-9-11-20(12-10-19)18-26-14-7-6-8-15-26;/h9-12H,4-8,13-18H2,1-3H3,(H2,22,23,24);1H. The second-order valence-electron chi connectivity index (χ2n) is 7.17. The molecule has 0 spiro atoms. The SMILES string of the molecule is CCNC(=NCc1ccc(CN2CCCCC2)cc1)NCCN(C)CC.I. The van der Waals surface area contributed by atoms with Gasteiger partial charge in [-0.3, -0.25) is 4.90 Å². The van der Waals surface area contributed by atoms with Gasteiger partial charge in [-0.05, 0) is 57.6 Å². The van der Waals surface area contributed by atoms with Crippen molar-refractivity contribution in [1.29, 1.82) is 0 Å². The molecule has 1 aliphatic heterocycles. The molecule has 0 aromatic heterocycles. The summed E-state index contributed by atoms with van der Waals surface area (Å²) in [6.45, 7) is 12.4. The number of likely N-dealkylation sites (tertiary alicyclic amines) is 1. The molecule has 1 aliphatic rings. The van der Waals surface area contributed by atoms with Gasteiger partial charge >= 0.3 is 0 Å². The van der Waals surface area contributed by atoms with Crippen LogP contribution in [0.5, 0.6) is 0 Å². The van der Waals surface area contributed by atoms with Crippen LogP contribution < -0.4 is 10.6 Å². The summed E-state index contributed by atoms with van der Waals surface area (Å²) in [7, 11) is 2.14. The van der Waals surface area contributed by atoms with Crippen LogP contribution in [0.2, 0.25) is 0 Å². The van der Waals surface area contributed by atoms with E-state index in [0.29, 0.717) is 6.54 Å². The molecule has 27 heavy (non-hydrogen) atoms. The first kappa shape index (κ1) is 24.2. The number of rotatable bonds is 9. The Bertz CT molecular complexity index is 526. The number of hydrogen-bond donors (Lipinski definition) is 2. The van der Waals surface area contributed by atoms with Gasteiger partial charge in [0.05, 0.1) is 6.54 Å². The molecule has 6 heteroatoms. The van der Waals surface area contributed by atoms with Crippen LogP contribution in [-0.2, 0) is 13.1 Å². The fourth-order valence-corrected chi connectivity index (χ4v) is 3.16. The van der Waals surface area contributed by atoms with Crippen molar-refractivity contribution in [1.82, 2.24) is 20.4 Å². The average molecular weight is 487 g/mol. The van der Waals surface area contributed by atoms with Crippen molar-refractivity contribution in [3.63, 3.8) is 0 Å². The summed E-state index contributed by atoms with van der Waals surface area (Å²) >= 11 is 0. The minimum absolute atomic E-state index is 0. The zero-order valence-electron chi connectivity index (χ0n) is 17.3. The van der Waals surface area contributed by atoms with Crippen molar-refractivity contribution in [3.8, 4) is 0 Å². The maximum absolute atomic E-state index is 4.72. The first-order valence-electron chi connectivity index (χ1n) is 10.2. The second kappa shape index (κ2) is 14.2. The van der Waals surface area contributed by atoms with Crippen LogP contribution in [0.25, 0.3) is 0 Å². The van der Waals surface area contributed by atoms with Crippen molar-refractivity contribution in [2.75, 3.05) is 46.3 Å². The largest absolute Gasteiger partial charge is 0.357 e. The van der Waals surface area contributed by atoms with E-state index in [1.165, 1.54) is 43.5 Å².